The summed E-state index contributed by atoms with van der Waals surface area (Å²) in [5, 5.41) is 12.6. The van der Waals surface area contributed by atoms with Crippen LogP contribution in [0.2, 0.25) is 0 Å². The maximum Gasteiger partial charge on any atom is 0.290 e. The number of nitrogens with one attached hydrogen (secondary N) is 1. The van der Waals surface area contributed by atoms with Gasteiger partial charge in [0.25, 0.3) is 16.8 Å². The largest absolute Gasteiger partial charge is 0.488 e. The van der Waals surface area contributed by atoms with Crippen LogP contribution in [0.25, 0.3) is 6.08 Å². The zero-order chi connectivity index (χ0) is 18.7. The predicted molar refractivity (Wildman–Crippen MR) is 101 cm³/mol. The molecule has 3 rings (SSSR count). The van der Waals surface area contributed by atoms with E-state index < -0.39 is 16.1 Å². The molecule has 0 radical (unpaired) electrons. The molecule has 26 heavy (non-hydrogen) atoms. The van der Waals surface area contributed by atoms with Gasteiger partial charge in [-0.15, -0.1) is 0 Å². The first kappa shape index (κ1) is 18.2. The second kappa shape index (κ2) is 7.71. The fourth-order valence-corrected chi connectivity index (χ4v) is 3.30. The van der Waals surface area contributed by atoms with Crippen LogP contribution in [0.5, 0.6) is 5.75 Å². The highest BCUT2D eigenvalue weighted by Crippen LogP contribution is 2.31. The van der Waals surface area contributed by atoms with E-state index in [4.69, 9.17) is 4.74 Å². The van der Waals surface area contributed by atoms with Crippen LogP contribution in [0.3, 0.4) is 0 Å². The van der Waals surface area contributed by atoms with Gasteiger partial charge in [-0.05, 0) is 41.6 Å². The number of non-ortho nitro benzene ring substituents is 1. The second-order valence-electron chi connectivity index (χ2n) is 5.25. The summed E-state index contributed by atoms with van der Waals surface area (Å²) in [5.41, 5.74) is 1.24. The van der Waals surface area contributed by atoms with Crippen molar-refractivity contribution in [3.8, 4) is 5.75 Å². The van der Waals surface area contributed by atoms with Crippen molar-refractivity contribution in [1.82, 2.24) is 5.32 Å². The number of hydrogen-bond acceptors (Lipinski definition) is 6. The highest BCUT2D eigenvalue weighted by molar-refractivity contribution is 9.10. The summed E-state index contributed by atoms with van der Waals surface area (Å²) in [4.78, 5) is 33.7. The van der Waals surface area contributed by atoms with Crippen molar-refractivity contribution in [2.24, 2.45) is 0 Å². The molecule has 9 heteroatoms. The minimum absolute atomic E-state index is 0.0122. The molecule has 1 fully saturated rings. The van der Waals surface area contributed by atoms with Gasteiger partial charge in [0.05, 0.1) is 9.83 Å². The summed E-state index contributed by atoms with van der Waals surface area (Å²) in [7, 11) is 0. The highest BCUT2D eigenvalue weighted by Gasteiger charge is 2.25. The third-order valence-electron chi connectivity index (χ3n) is 3.42. The molecule has 7 nitrogen and oxygen atoms in total. The van der Waals surface area contributed by atoms with Gasteiger partial charge in [0.1, 0.15) is 12.4 Å². The number of amides is 2. The van der Waals surface area contributed by atoms with E-state index in [1.807, 2.05) is 0 Å². The molecule has 2 aromatic rings. The minimum atomic E-state index is -0.466. The summed E-state index contributed by atoms with van der Waals surface area (Å²) >= 11 is 4.18. The zero-order valence-electron chi connectivity index (χ0n) is 13.1. The summed E-state index contributed by atoms with van der Waals surface area (Å²) in [6, 6.07) is 11.4. The molecule has 132 valence electrons. The number of hydrogen-bond donors (Lipinski definition) is 1. The Morgan fingerprint density at radius 1 is 1.23 bits per heavy atom. The Kier molecular flexibility index (Phi) is 5.38. The lowest BCUT2D eigenvalue weighted by atomic mass is 10.1. The Hall–Kier alpha value is -2.65. The molecular formula is C17H11BrN2O5S. The van der Waals surface area contributed by atoms with E-state index in [1.54, 1.807) is 36.4 Å². The number of imide groups is 1. The van der Waals surface area contributed by atoms with E-state index in [9.17, 15) is 19.7 Å². The quantitative estimate of drug-likeness (QED) is 0.428. The van der Waals surface area contributed by atoms with Gasteiger partial charge in [-0.1, -0.05) is 28.1 Å². The summed E-state index contributed by atoms with van der Waals surface area (Å²) in [5.74, 6) is 0.0320. The number of nitrogens with zero attached hydrogens (tertiary/aromatic N) is 1. The maximum atomic E-state index is 11.7. The van der Waals surface area contributed by atoms with Gasteiger partial charge < -0.3 is 4.74 Å². The molecule has 1 aliphatic heterocycles. The first-order valence-corrected chi connectivity index (χ1v) is 8.94. The van der Waals surface area contributed by atoms with Crippen molar-refractivity contribution in [1.29, 1.82) is 0 Å². The molecule has 2 amide bonds. The monoisotopic (exact) mass is 434 g/mol. The van der Waals surface area contributed by atoms with Gasteiger partial charge in [0.15, 0.2) is 0 Å². The first-order chi connectivity index (χ1) is 12.4. The highest BCUT2D eigenvalue weighted by atomic mass is 79.9. The van der Waals surface area contributed by atoms with Gasteiger partial charge in [0.2, 0.25) is 0 Å². The van der Waals surface area contributed by atoms with Crippen LogP contribution in [-0.4, -0.2) is 16.1 Å². The molecule has 1 heterocycles. The number of carbonyl (C=O) groups is 2. The van der Waals surface area contributed by atoms with Crippen molar-refractivity contribution < 1.29 is 19.2 Å². The maximum absolute atomic E-state index is 11.7. The van der Waals surface area contributed by atoms with Crippen LogP contribution in [-0.2, 0) is 11.4 Å². The van der Waals surface area contributed by atoms with Crippen molar-refractivity contribution in [3.05, 3.63) is 73.1 Å². The first-order valence-electron chi connectivity index (χ1n) is 7.33. The number of carbonyl (C=O) groups excluding carboxylic acids is 2. The average molecular weight is 435 g/mol. The molecular weight excluding hydrogens is 424 g/mol. The van der Waals surface area contributed by atoms with Crippen molar-refractivity contribution >= 4 is 50.6 Å². The Bertz CT molecular complexity index is 945. The Balaban J connectivity index is 1.83. The number of nitro benzene ring substituents is 1. The lowest BCUT2D eigenvalue weighted by Crippen LogP contribution is -2.17. The number of rotatable bonds is 5. The molecule has 0 bridgehead atoms. The van der Waals surface area contributed by atoms with Crippen LogP contribution >= 0.6 is 27.7 Å². The summed E-state index contributed by atoms with van der Waals surface area (Å²) in [6.45, 7) is 0.123. The number of benzene rings is 2. The van der Waals surface area contributed by atoms with Gasteiger partial charge in [-0.3, -0.25) is 25.0 Å². The van der Waals surface area contributed by atoms with Crippen LogP contribution in [0.4, 0.5) is 10.5 Å². The lowest BCUT2D eigenvalue weighted by Gasteiger charge is -2.10. The molecule has 0 aliphatic carbocycles. The van der Waals surface area contributed by atoms with E-state index in [2.05, 4.69) is 21.2 Å². The molecule has 0 aromatic heterocycles. The molecule has 0 saturated carbocycles. The SMILES string of the molecule is O=C1NC(=O)/C(=C/c2cc(Br)ccc2OCc2cccc([N+](=O)[O-])c2)S1. The third-order valence-corrected chi connectivity index (χ3v) is 4.72. The van der Waals surface area contributed by atoms with Crippen LogP contribution in [0.15, 0.2) is 51.8 Å². The number of nitro groups is 1. The number of thioether (sulfide) groups is 1. The Labute approximate surface area is 160 Å². The van der Waals surface area contributed by atoms with Gasteiger partial charge in [-0.25, -0.2) is 0 Å². The summed E-state index contributed by atoms with van der Waals surface area (Å²) < 4.78 is 6.55. The smallest absolute Gasteiger partial charge is 0.290 e. The van der Waals surface area contributed by atoms with Crippen molar-refractivity contribution in [2.75, 3.05) is 0 Å². The molecule has 0 spiro atoms. The standard InChI is InChI=1S/C17H11BrN2O5S/c18-12-4-5-14(11(7-12)8-15-16(21)19-17(22)26-15)25-9-10-2-1-3-13(6-10)20(23)24/h1-8H,9H2,(H,19,21,22)/b15-8-. The van der Waals surface area contributed by atoms with Crippen molar-refractivity contribution in [2.45, 2.75) is 6.61 Å². The average Bonchev–Trinajstić information content (AvgIpc) is 2.91. The van der Waals surface area contributed by atoms with Crippen LogP contribution < -0.4 is 10.1 Å². The molecule has 2 aromatic carbocycles. The van der Waals surface area contributed by atoms with Gasteiger partial charge in [-0.2, -0.15) is 0 Å². The van der Waals surface area contributed by atoms with Crippen molar-refractivity contribution in [3.63, 3.8) is 0 Å². The van der Waals surface area contributed by atoms with Gasteiger partial charge in [0, 0.05) is 22.2 Å². The third kappa shape index (κ3) is 4.30. The van der Waals surface area contributed by atoms with E-state index in [-0.39, 0.29) is 17.2 Å². The molecule has 1 saturated heterocycles. The molecule has 0 unspecified atom stereocenters. The Morgan fingerprint density at radius 2 is 2.04 bits per heavy atom. The normalized spacial score (nSPS) is 15.2. The lowest BCUT2D eigenvalue weighted by molar-refractivity contribution is -0.384. The van der Waals surface area contributed by atoms with E-state index >= 15 is 0 Å². The van der Waals surface area contributed by atoms with Crippen LogP contribution in [0.1, 0.15) is 11.1 Å². The fraction of sp³-hybridized carbons (Fsp3) is 0.0588. The number of halogens is 1. The molecule has 1 aliphatic rings. The van der Waals surface area contributed by atoms with E-state index in [0.29, 0.717) is 16.9 Å². The summed E-state index contributed by atoms with van der Waals surface area (Å²) in [6.07, 6.45) is 1.57. The van der Waals surface area contributed by atoms with Crippen LogP contribution in [0, 0.1) is 10.1 Å². The topological polar surface area (TPSA) is 98.5 Å². The zero-order valence-corrected chi connectivity index (χ0v) is 15.5. The van der Waals surface area contributed by atoms with E-state index in [1.165, 1.54) is 12.1 Å². The molecule has 1 N–H and O–H groups in total. The fourth-order valence-electron chi connectivity index (χ4n) is 2.25. The second-order valence-corrected chi connectivity index (χ2v) is 7.18. The molecule has 0 atom stereocenters. The van der Waals surface area contributed by atoms with Gasteiger partial charge >= 0.3 is 0 Å². The number of ether oxygens (including phenoxy) is 1. The predicted octanol–water partition coefficient (Wildman–Crippen LogP) is 4.26. The van der Waals surface area contributed by atoms with E-state index in [0.717, 1.165) is 16.2 Å². The minimum Gasteiger partial charge on any atom is -0.488 e. The Morgan fingerprint density at radius 3 is 2.73 bits per heavy atom.